The molecule has 2 heterocycles. The zero-order valence-corrected chi connectivity index (χ0v) is 11.2. The topological polar surface area (TPSA) is 50.9 Å². The highest BCUT2D eigenvalue weighted by Crippen LogP contribution is 2.21. The fourth-order valence-electron chi connectivity index (χ4n) is 2.09. The molecule has 4 nitrogen and oxygen atoms in total. The van der Waals surface area contributed by atoms with Crippen LogP contribution in [0.4, 0.5) is 4.39 Å². The summed E-state index contributed by atoms with van der Waals surface area (Å²) in [4.78, 5) is 3.68. The highest BCUT2D eigenvalue weighted by atomic mass is 19.1. The highest BCUT2D eigenvalue weighted by molar-refractivity contribution is 5.19. The summed E-state index contributed by atoms with van der Waals surface area (Å²) in [7, 11) is 0. The predicted octanol–water partition coefficient (Wildman–Crippen LogP) is 2.28. The van der Waals surface area contributed by atoms with Crippen molar-refractivity contribution in [3.8, 4) is 0 Å². The van der Waals surface area contributed by atoms with Gasteiger partial charge >= 0.3 is 0 Å². The van der Waals surface area contributed by atoms with E-state index in [1.807, 2.05) is 24.6 Å². The molecule has 102 valence electrons. The predicted molar refractivity (Wildman–Crippen MR) is 70.1 cm³/mol. The SMILES string of the molecule is CCc1cc(CC(O)c2ccncc2F)n(CC)n1. The van der Waals surface area contributed by atoms with E-state index in [4.69, 9.17) is 0 Å². The van der Waals surface area contributed by atoms with E-state index in [0.29, 0.717) is 6.42 Å². The zero-order valence-electron chi connectivity index (χ0n) is 11.2. The van der Waals surface area contributed by atoms with Crippen LogP contribution in [0, 0.1) is 5.82 Å². The fraction of sp³-hybridized carbons (Fsp3) is 0.429. The quantitative estimate of drug-likeness (QED) is 0.900. The first-order chi connectivity index (χ1) is 9.15. The summed E-state index contributed by atoms with van der Waals surface area (Å²) in [6.45, 7) is 4.77. The van der Waals surface area contributed by atoms with Gasteiger partial charge in [0.05, 0.1) is 18.0 Å². The zero-order chi connectivity index (χ0) is 13.8. The maximum Gasteiger partial charge on any atom is 0.147 e. The lowest BCUT2D eigenvalue weighted by Crippen LogP contribution is -2.09. The Kier molecular flexibility index (Phi) is 4.27. The van der Waals surface area contributed by atoms with Crippen LogP contribution >= 0.6 is 0 Å². The Morgan fingerprint density at radius 2 is 2.21 bits per heavy atom. The van der Waals surface area contributed by atoms with Crippen molar-refractivity contribution < 1.29 is 9.50 Å². The van der Waals surface area contributed by atoms with E-state index < -0.39 is 11.9 Å². The molecule has 2 aromatic heterocycles. The summed E-state index contributed by atoms with van der Waals surface area (Å²) in [6.07, 6.45) is 2.92. The maximum atomic E-state index is 13.6. The van der Waals surface area contributed by atoms with Gasteiger partial charge in [-0.1, -0.05) is 6.92 Å². The first kappa shape index (κ1) is 13.7. The van der Waals surface area contributed by atoms with Gasteiger partial charge in [0.15, 0.2) is 0 Å². The Morgan fingerprint density at radius 1 is 1.42 bits per heavy atom. The molecular weight excluding hydrogens is 245 g/mol. The minimum absolute atomic E-state index is 0.275. The fourth-order valence-corrected chi connectivity index (χ4v) is 2.09. The Labute approximate surface area is 111 Å². The summed E-state index contributed by atoms with van der Waals surface area (Å²) in [6, 6.07) is 3.47. The van der Waals surface area contributed by atoms with Crippen molar-refractivity contribution in [1.82, 2.24) is 14.8 Å². The van der Waals surface area contributed by atoms with Crippen molar-refractivity contribution in [2.24, 2.45) is 0 Å². The van der Waals surface area contributed by atoms with Crippen LogP contribution in [0.2, 0.25) is 0 Å². The number of aromatic nitrogens is 3. The normalized spacial score (nSPS) is 12.6. The van der Waals surface area contributed by atoms with Crippen LogP contribution in [-0.2, 0) is 19.4 Å². The molecule has 0 radical (unpaired) electrons. The first-order valence-electron chi connectivity index (χ1n) is 6.48. The van der Waals surface area contributed by atoms with Crippen molar-refractivity contribution in [3.63, 3.8) is 0 Å². The molecule has 0 fully saturated rings. The van der Waals surface area contributed by atoms with E-state index in [1.165, 1.54) is 12.3 Å². The summed E-state index contributed by atoms with van der Waals surface area (Å²) in [5.41, 5.74) is 2.18. The molecule has 0 saturated carbocycles. The minimum Gasteiger partial charge on any atom is -0.388 e. The number of halogens is 1. The number of aryl methyl sites for hydroxylation is 2. The van der Waals surface area contributed by atoms with E-state index in [2.05, 4.69) is 10.1 Å². The Hall–Kier alpha value is -1.75. The molecule has 2 aromatic rings. The lowest BCUT2D eigenvalue weighted by Gasteiger charge is -2.12. The van der Waals surface area contributed by atoms with E-state index in [0.717, 1.165) is 30.6 Å². The number of rotatable bonds is 5. The van der Waals surface area contributed by atoms with Gasteiger partial charge in [0.1, 0.15) is 5.82 Å². The third-order valence-electron chi connectivity index (χ3n) is 3.14. The van der Waals surface area contributed by atoms with Gasteiger partial charge in [-0.3, -0.25) is 9.67 Å². The van der Waals surface area contributed by atoms with Crippen LogP contribution in [0.1, 0.15) is 36.9 Å². The number of hydrogen-bond donors (Lipinski definition) is 1. The molecule has 19 heavy (non-hydrogen) atoms. The molecule has 1 N–H and O–H groups in total. The van der Waals surface area contributed by atoms with Gasteiger partial charge in [-0.25, -0.2) is 4.39 Å². The molecule has 0 bridgehead atoms. The lowest BCUT2D eigenvalue weighted by molar-refractivity contribution is 0.170. The second-order valence-electron chi connectivity index (χ2n) is 4.41. The number of pyridine rings is 1. The smallest absolute Gasteiger partial charge is 0.147 e. The van der Waals surface area contributed by atoms with Gasteiger partial charge in [-0.05, 0) is 25.5 Å². The third kappa shape index (κ3) is 2.98. The average molecular weight is 263 g/mol. The van der Waals surface area contributed by atoms with Crippen molar-refractivity contribution in [2.75, 3.05) is 0 Å². The van der Waals surface area contributed by atoms with Crippen molar-refractivity contribution in [1.29, 1.82) is 0 Å². The van der Waals surface area contributed by atoms with Gasteiger partial charge in [0.25, 0.3) is 0 Å². The lowest BCUT2D eigenvalue weighted by atomic mass is 10.1. The average Bonchev–Trinajstić information content (AvgIpc) is 2.81. The molecule has 0 amide bonds. The van der Waals surface area contributed by atoms with Gasteiger partial charge in [0.2, 0.25) is 0 Å². The molecule has 0 aromatic carbocycles. The van der Waals surface area contributed by atoms with Crippen LogP contribution in [0.5, 0.6) is 0 Å². The summed E-state index contributed by atoms with van der Waals surface area (Å²) < 4.78 is 15.4. The molecule has 5 heteroatoms. The molecular formula is C14H18FN3O. The highest BCUT2D eigenvalue weighted by Gasteiger charge is 2.16. The van der Waals surface area contributed by atoms with E-state index >= 15 is 0 Å². The number of aliphatic hydroxyl groups excluding tert-OH is 1. The molecule has 0 aliphatic carbocycles. The monoisotopic (exact) mass is 263 g/mol. The number of nitrogens with zero attached hydrogens (tertiary/aromatic N) is 3. The summed E-state index contributed by atoms with van der Waals surface area (Å²) in [5, 5.41) is 14.6. The van der Waals surface area contributed by atoms with E-state index in [1.54, 1.807) is 0 Å². The first-order valence-corrected chi connectivity index (χ1v) is 6.48. The second kappa shape index (κ2) is 5.93. The van der Waals surface area contributed by atoms with Crippen molar-refractivity contribution in [2.45, 2.75) is 39.3 Å². The van der Waals surface area contributed by atoms with E-state index in [9.17, 15) is 9.50 Å². The Morgan fingerprint density at radius 3 is 2.84 bits per heavy atom. The molecule has 0 aliphatic heterocycles. The molecule has 0 aliphatic rings. The maximum absolute atomic E-state index is 13.6. The summed E-state index contributed by atoms with van der Waals surface area (Å²) in [5.74, 6) is -0.478. The van der Waals surface area contributed by atoms with Gasteiger partial charge in [-0.2, -0.15) is 5.10 Å². The number of aliphatic hydroxyl groups is 1. The largest absolute Gasteiger partial charge is 0.388 e. The van der Waals surface area contributed by atoms with E-state index in [-0.39, 0.29) is 5.56 Å². The second-order valence-corrected chi connectivity index (χ2v) is 4.41. The number of hydrogen-bond acceptors (Lipinski definition) is 3. The van der Waals surface area contributed by atoms with Crippen LogP contribution in [-0.4, -0.2) is 19.9 Å². The standard InChI is InChI=1S/C14H18FN3O/c1-3-10-7-11(18(4-2)17-10)8-14(19)12-5-6-16-9-13(12)15/h5-7,9,14,19H,3-4,8H2,1-2H3. The van der Waals surface area contributed by atoms with Crippen molar-refractivity contribution >= 4 is 0 Å². The molecule has 0 saturated heterocycles. The van der Waals surface area contributed by atoms with Crippen LogP contribution in [0.25, 0.3) is 0 Å². The molecule has 1 atom stereocenters. The van der Waals surface area contributed by atoms with Crippen molar-refractivity contribution in [3.05, 3.63) is 47.3 Å². The Balaban J connectivity index is 2.21. The van der Waals surface area contributed by atoms with Crippen LogP contribution in [0.15, 0.2) is 24.5 Å². The molecule has 2 rings (SSSR count). The van der Waals surface area contributed by atoms with Gasteiger partial charge in [0, 0.05) is 30.4 Å². The summed E-state index contributed by atoms with van der Waals surface area (Å²) >= 11 is 0. The molecule has 0 spiro atoms. The third-order valence-corrected chi connectivity index (χ3v) is 3.14. The Bertz CT molecular complexity index is 553. The molecule has 1 unspecified atom stereocenters. The minimum atomic E-state index is -0.880. The van der Waals surface area contributed by atoms with Crippen LogP contribution < -0.4 is 0 Å². The van der Waals surface area contributed by atoms with Gasteiger partial charge < -0.3 is 5.11 Å². The van der Waals surface area contributed by atoms with Crippen LogP contribution in [0.3, 0.4) is 0 Å². The van der Waals surface area contributed by atoms with Gasteiger partial charge in [-0.15, -0.1) is 0 Å².